The highest BCUT2D eigenvalue weighted by Crippen LogP contribution is 2.17. The molecule has 2 rings (SSSR count). The van der Waals surface area contributed by atoms with E-state index in [9.17, 15) is 0 Å². The minimum atomic E-state index is 0.657. The van der Waals surface area contributed by atoms with Gasteiger partial charge >= 0.3 is 0 Å². The smallest absolute Gasteiger partial charge is 0.0705 e. The second-order valence-electron chi connectivity index (χ2n) is 6.34. The Labute approximate surface area is 122 Å². The molecule has 2 aromatic rings. The van der Waals surface area contributed by atoms with E-state index in [1.54, 1.807) is 0 Å². The van der Waals surface area contributed by atoms with Crippen LogP contribution in [0.2, 0.25) is 0 Å². The topological polar surface area (TPSA) is 24.9 Å². The standard InChI is InChI=1S/C18H26N2/c1-13(2)11-19-12-14(3)9-16-6-8-18-17(10-16)7-5-15(4)20-18/h5-8,10,13-14,19H,9,11-12H2,1-4H3. The van der Waals surface area contributed by atoms with Gasteiger partial charge in [0, 0.05) is 11.1 Å². The Bertz CT molecular complexity index is 560. The third kappa shape index (κ3) is 4.31. The fourth-order valence-corrected chi connectivity index (χ4v) is 2.50. The van der Waals surface area contributed by atoms with Crippen molar-refractivity contribution in [1.82, 2.24) is 10.3 Å². The van der Waals surface area contributed by atoms with Gasteiger partial charge in [0.25, 0.3) is 0 Å². The second-order valence-corrected chi connectivity index (χ2v) is 6.34. The fraction of sp³-hybridized carbons (Fsp3) is 0.500. The van der Waals surface area contributed by atoms with Crippen molar-refractivity contribution in [3.05, 3.63) is 41.6 Å². The highest BCUT2D eigenvalue weighted by molar-refractivity contribution is 5.79. The second kappa shape index (κ2) is 6.85. The molecule has 1 aromatic carbocycles. The van der Waals surface area contributed by atoms with Gasteiger partial charge in [0.15, 0.2) is 0 Å². The lowest BCUT2D eigenvalue weighted by Gasteiger charge is -2.14. The van der Waals surface area contributed by atoms with Crippen molar-refractivity contribution in [3.8, 4) is 0 Å². The van der Waals surface area contributed by atoms with Crippen LogP contribution in [0.3, 0.4) is 0 Å². The minimum Gasteiger partial charge on any atom is -0.316 e. The summed E-state index contributed by atoms with van der Waals surface area (Å²) >= 11 is 0. The summed E-state index contributed by atoms with van der Waals surface area (Å²) in [4.78, 5) is 4.55. The Morgan fingerprint density at radius 2 is 1.85 bits per heavy atom. The number of hydrogen-bond acceptors (Lipinski definition) is 2. The molecule has 1 heterocycles. The van der Waals surface area contributed by atoms with Gasteiger partial charge in [-0.25, -0.2) is 0 Å². The third-order valence-electron chi connectivity index (χ3n) is 3.52. The monoisotopic (exact) mass is 270 g/mol. The summed E-state index contributed by atoms with van der Waals surface area (Å²) in [7, 11) is 0. The molecular formula is C18H26N2. The zero-order chi connectivity index (χ0) is 14.5. The van der Waals surface area contributed by atoms with E-state index in [1.165, 1.54) is 10.9 Å². The summed E-state index contributed by atoms with van der Waals surface area (Å²) < 4.78 is 0. The predicted octanol–water partition coefficient (Wildman–Crippen LogP) is 3.97. The molecule has 1 atom stereocenters. The third-order valence-corrected chi connectivity index (χ3v) is 3.52. The van der Waals surface area contributed by atoms with E-state index in [2.05, 4.69) is 61.4 Å². The molecule has 0 radical (unpaired) electrons. The van der Waals surface area contributed by atoms with Crippen LogP contribution in [0.25, 0.3) is 10.9 Å². The van der Waals surface area contributed by atoms with Gasteiger partial charge in [-0.05, 0) is 62.0 Å². The number of aromatic nitrogens is 1. The summed E-state index contributed by atoms with van der Waals surface area (Å²) in [6.07, 6.45) is 1.12. The summed E-state index contributed by atoms with van der Waals surface area (Å²) in [6.45, 7) is 11.0. The first-order valence-electron chi connectivity index (χ1n) is 7.61. The Hall–Kier alpha value is -1.41. The SMILES string of the molecule is Cc1ccc2cc(CC(C)CNCC(C)C)ccc2n1. The number of nitrogens with zero attached hydrogens (tertiary/aromatic N) is 1. The van der Waals surface area contributed by atoms with Gasteiger partial charge in [0.1, 0.15) is 0 Å². The number of hydrogen-bond donors (Lipinski definition) is 1. The number of nitrogens with one attached hydrogen (secondary N) is 1. The van der Waals surface area contributed by atoms with Crippen molar-refractivity contribution in [1.29, 1.82) is 0 Å². The molecule has 0 aliphatic carbocycles. The number of benzene rings is 1. The lowest BCUT2D eigenvalue weighted by atomic mass is 9.99. The van der Waals surface area contributed by atoms with Crippen molar-refractivity contribution in [2.75, 3.05) is 13.1 Å². The molecule has 0 saturated heterocycles. The summed E-state index contributed by atoms with van der Waals surface area (Å²) in [5.41, 5.74) is 3.58. The van der Waals surface area contributed by atoms with Crippen molar-refractivity contribution < 1.29 is 0 Å². The zero-order valence-electron chi connectivity index (χ0n) is 13.1. The van der Waals surface area contributed by atoms with E-state index in [0.717, 1.165) is 36.6 Å². The minimum absolute atomic E-state index is 0.657. The average Bonchev–Trinajstić information content (AvgIpc) is 2.38. The molecular weight excluding hydrogens is 244 g/mol. The lowest BCUT2D eigenvalue weighted by molar-refractivity contribution is 0.473. The number of aryl methyl sites for hydroxylation is 1. The molecule has 1 aromatic heterocycles. The fourth-order valence-electron chi connectivity index (χ4n) is 2.50. The predicted molar refractivity (Wildman–Crippen MR) is 87.1 cm³/mol. The van der Waals surface area contributed by atoms with Crippen LogP contribution in [0.4, 0.5) is 0 Å². The van der Waals surface area contributed by atoms with Crippen molar-refractivity contribution in [3.63, 3.8) is 0 Å². The van der Waals surface area contributed by atoms with Gasteiger partial charge < -0.3 is 5.32 Å². The first-order valence-corrected chi connectivity index (χ1v) is 7.61. The number of fused-ring (bicyclic) bond motifs is 1. The molecule has 0 fully saturated rings. The quantitative estimate of drug-likeness (QED) is 0.859. The molecule has 0 amide bonds. The largest absolute Gasteiger partial charge is 0.316 e. The van der Waals surface area contributed by atoms with E-state index >= 15 is 0 Å². The van der Waals surface area contributed by atoms with E-state index in [0.29, 0.717) is 5.92 Å². The first kappa shape index (κ1) is 15.0. The van der Waals surface area contributed by atoms with Crippen molar-refractivity contribution >= 4 is 10.9 Å². The van der Waals surface area contributed by atoms with Gasteiger partial charge in [0.2, 0.25) is 0 Å². The Balaban J connectivity index is 1.97. The van der Waals surface area contributed by atoms with Gasteiger partial charge in [-0.1, -0.05) is 32.9 Å². The lowest BCUT2D eigenvalue weighted by Crippen LogP contribution is -2.26. The Morgan fingerprint density at radius 1 is 1.05 bits per heavy atom. The molecule has 0 bridgehead atoms. The first-order chi connectivity index (χ1) is 9.54. The van der Waals surface area contributed by atoms with Gasteiger partial charge in [-0.2, -0.15) is 0 Å². The molecule has 0 saturated carbocycles. The van der Waals surface area contributed by atoms with Crippen LogP contribution in [0.5, 0.6) is 0 Å². The molecule has 0 aliphatic rings. The zero-order valence-corrected chi connectivity index (χ0v) is 13.1. The van der Waals surface area contributed by atoms with Crippen LogP contribution >= 0.6 is 0 Å². The average molecular weight is 270 g/mol. The Morgan fingerprint density at radius 3 is 2.60 bits per heavy atom. The van der Waals surface area contributed by atoms with E-state index in [1.807, 2.05) is 6.92 Å². The summed E-state index contributed by atoms with van der Waals surface area (Å²) in [5.74, 6) is 1.38. The summed E-state index contributed by atoms with van der Waals surface area (Å²) in [5, 5.41) is 4.78. The van der Waals surface area contributed by atoms with Crippen LogP contribution in [-0.4, -0.2) is 18.1 Å². The molecule has 0 spiro atoms. The van der Waals surface area contributed by atoms with Gasteiger partial charge in [0.05, 0.1) is 5.52 Å². The van der Waals surface area contributed by atoms with Gasteiger partial charge in [-0.3, -0.25) is 4.98 Å². The van der Waals surface area contributed by atoms with Crippen LogP contribution in [0.15, 0.2) is 30.3 Å². The molecule has 2 nitrogen and oxygen atoms in total. The highest BCUT2D eigenvalue weighted by Gasteiger charge is 2.05. The molecule has 2 heteroatoms. The van der Waals surface area contributed by atoms with Crippen LogP contribution in [-0.2, 0) is 6.42 Å². The maximum absolute atomic E-state index is 4.55. The molecule has 1 unspecified atom stereocenters. The van der Waals surface area contributed by atoms with E-state index in [4.69, 9.17) is 0 Å². The normalized spacial score (nSPS) is 13.1. The summed E-state index contributed by atoms with van der Waals surface area (Å²) in [6, 6.07) is 10.9. The van der Waals surface area contributed by atoms with Crippen LogP contribution in [0.1, 0.15) is 32.0 Å². The molecule has 1 N–H and O–H groups in total. The van der Waals surface area contributed by atoms with Gasteiger partial charge in [-0.15, -0.1) is 0 Å². The van der Waals surface area contributed by atoms with Crippen molar-refractivity contribution in [2.45, 2.75) is 34.1 Å². The highest BCUT2D eigenvalue weighted by atomic mass is 14.9. The van der Waals surface area contributed by atoms with E-state index in [-0.39, 0.29) is 0 Å². The number of pyridine rings is 1. The molecule has 20 heavy (non-hydrogen) atoms. The Kier molecular flexibility index (Phi) is 5.13. The molecule has 108 valence electrons. The van der Waals surface area contributed by atoms with E-state index < -0.39 is 0 Å². The maximum atomic E-state index is 4.55. The van der Waals surface area contributed by atoms with Crippen LogP contribution < -0.4 is 5.32 Å². The molecule has 0 aliphatic heterocycles. The maximum Gasteiger partial charge on any atom is 0.0705 e. The van der Waals surface area contributed by atoms with Crippen molar-refractivity contribution in [2.24, 2.45) is 11.8 Å². The number of rotatable bonds is 6. The van der Waals surface area contributed by atoms with Crippen LogP contribution in [0, 0.1) is 18.8 Å².